The molecule has 3 heteroatoms. The van der Waals surface area contributed by atoms with Gasteiger partial charge >= 0.3 is 0 Å². The Labute approximate surface area is 123 Å². The fraction of sp³-hybridized carbons (Fsp3) is 0.529. The highest BCUT2D eigenvalue weighted by molar-refractivity contribution is 5.50. The lowest BCUT2D eigenvalue weighted by atomic mass is 10.1. The monoisotopic (exact) mass is 276 g/mol. The van der Waals surface area contributed by atoms with Gasteiger partial charge in [0.05, 0.1) is 0 Å². The van der Waals surface area contributed by atoms with Crippen LogP contribution in [0.25, 0.3) is 6.08 Å². The number of hydrogen-bond donors (Lipinski definition) is 1. The van der Waals surface area contributed by atoms with Gasteiger partial charge in [0.1, 0.15) is 12.4 Å². The molecule has 0 spiro atoms. The lowest BCUT2D eigenvalue weighted by molar-refractivity contribution is 0.261. The summed E-state index contributed by atoms with van der Waals surface area (Å²) in [6, 6.07) is 8.20. The first-order valence-corrected chi connectivity index (χ1v) is 7.16. The minimum absolute atomic E-state index is 0.161. The summed E-state index contributed by atoms with van der Waals surface area (Å²) in [6.07, 6.45) is 4.27. The number of ether oxygens (including phenoxy) is 1. The second-order valence-corrected chi connectivity index (χ2v) is 6.25. The zero-order valence-corrected chi connectivity index (χ0v) is 13.4. The average molecular weight is 276 g/mol. The highest BCUT2D eigenvalue weighted by atomic mass is 16.5. The highest BCUT2D eigenvalue weighted by Crippen LogP contribution is 2.13. The summed E-state index contributed by atoms with van der Waals surface area (Å²) in [5.41, 5.74) is 1.36. The molecule has 1 N–H and O–H groups in total. The van der Waals surface area contributed by atoms with Gasteiger partial charge in [-0.3, -0.25) is 0 Å². The van der Waals surface area contributed by atoms with Crippen LogP contribution in [0.4, 0.5) is 0 Å². The fourth-order valence-electron chi connectivity index (χ4n) is 1.58. The molecule has 1 aromatic carbocycles. The van der Waals surface area contributed by atoms with Crippen molar-refractivity contribution >= 4 is 6.08 Å². The summed E-state index contributed by atoms with van der Waals surface area (Å²) in [6.45, 7) is 9.03. The van der Waals surface area contributed by atoms with Crippen LogP contribution in [0.5, 0.6) is 5.75 Å². The number of likely N-dealkylation sites (N-methyl/N-ethyl adjacent to an activating group) is 1. The summed E-state index contributed by atoms with van der Waals surface area (Å²) in [5, 5.41) is 3.43. The first kappa shape index (κ1) is 16.7. The molecule has 0 aromatic heterocycles. The van der Waals surface area contributed by atoms with E-state index < -0.39 is 0 Å². The molecule has 0 aliphatic carbocycles. The fourth-order valence-corrected chi connectivity index (χ4v) is 1.58. The molecule has 0 aliphatic heterocycles. The number of benzene rings is 1. The lowest BCUT2D eigenvalue weighted by Crippen LogP contribution is -2.35. The second-order valence-electron chi connectivity index (χ2n) is 6.25. The molecule has 0 saturated heterocycles. The van der Waals surface area contributed by atoms with Crippen LogP contribution >= 0.6 is 0 Å². The summed E-state index contributed by atoms with van der Waals surface area (Å²) in [7, 11) is 4.09. The Balaban J connectivity index is 2.36. The van der Waals surface area contributed by atoms with E-state index >= 15 is 0 Å². The van der Waals surface area contributed by atoms with Crippen LogP contribution in [0.3, 0.4) is 0 Å². The molecule has 112 valence electrons. The predicted octanol–water partition coefficient (Wildman–Crippen LogP) is 3.03. The molecule has 0 fully saturated rings. The van der Waals surface area contributed by atoms with E-state index in [9.17, 15) is 0 Å². The third-order valence-corrected chi connectivity index (χ3v) is 2.75. The van der Waals surface area contributed by atoms with Crippen LogP contribution in [0.2, 0.25) is 0 Å². The molecule has 0 amide bonds. The third-order valence-electron chi connectivity index (χ3n) is 2.75. The lowest BCUT2D eigenvalue weighted by Gasteiger charge is -2.18. The van der Waals surface area contributed by atoms with Crippen molar-refractivity contribution in [3.05, 3.63) is 35.9 Å². The third kappa shape index (κ3) is 7.97. The Hall–Kier alpha value is -1.32. The average Bonchev–Trinajstić information content (AvgIpc) is 2.35. The van der Waals surface area contributed by atoms with E-state index in [4.69, 9.17) is 4.74 Å². The van der Waals surface area contributed by atoms with E-state index in [-0.39, 0.29) is 5.54 Å². The van der Waals surface area contributed by atoms with Crippen LogP contribution in [-0.2, 0) is 0 Å². The van der Waals surface area contributed by atoms with Crippen LogP contribution in [0.1, 0.15) is 26.3 Å². The molecule has 0 saturated carbocycles. The number of nitrogens with one attached hydrogen (secondary N) is 1. The van der Waals surface area contributed by atoms with E-state index in [1.165, 1.54) is 5.56 Å². The SMILES string of the molecule is CN(C)CCOc1ccc(C=CCNC(C)(C)C)cc1. The topological polar surface area (TPSA) is 24.5 Å². The zero-order chi connectivity index (χ0) is 15.0. The molecule has 0 bridgehead atoms. The van der Waals surface area contributed by atoms with Crippen LogP contribution in [0, 0.1) is 0 Å². The molecule has 0 atom stereocenters. The normalized spacial score (nSPS) is 12.3. The maximum Gasteiger partial charge on any atom is 0.119 e. The van der Waals surface area contributed by atoms with Gasteiger partial charge in [-0.1, -0.05) is 24.3 Å². The number of hydrogen-bond acceptors (Lipinski definition) is 3. The predicted molar refractivity (Wildman–Crippen MR) is 87.3 cm³/mol. The standard InChI is InChI=1S/C17H28N2O/c1-17(2,3)18-12-6-7-15-8-10-16(11-9-15)20-14-13-19(4)5/h6-11,18H,12-14H2,1-5H3. The van der Waals surface area contributed by atoms with Gasteiger partial charge in [-0.25, -0.2) is 0 Å². The maximum absolute atomic E-state index is 5.66. The van der Waals surface area contributed by atoms with Crippen molar-refractivity contribution in [3.8, 4) is 5.75 Å². The largest absolute Gasteiger partial charge is 0.492 e. The van der Waals surface area contributed by atoms with Crippen molar-refractivity contribution in [1.82, 2.24) is 10.2 Å². The van der Waals surface area contributed by atoms with Gasteiger partial charge in [0.15, 0.2) is 0 Å². The van der Waals surface area contributed by atoms with Crippen molar-refractivity contribution in [1.29, 1.82) is 0 Å². The van der Waals surface area contributed by atoms with Gasteiger partial charge in [-0.15, -0.1) is 0 Å². The molecule has 0 heterocycles. The first-order valence-electron chi connectivity index (χ1n) is 7.16. The highest BCUT2D eigenvalue weighted by Gasteiger charge is 2.05. The Morgan fingerprint density at radius 3 is 2.35 bits per heavy atom. The minimum atomic E-state index is 0.161. The Kier molecular flexibility index (Phi) is 6.76. The van der Waals surface area contributed by atoms with Gasteiger partial charge in [-0.05, 0) is 52.6 Å². The van der Waals surface area contributed by atoms with Crippen molar-refractivity contribution in [2.24, 2.45) is 0 Å². The van der Waals surface area contributed by atoms with E-state index in [1.807, 2.05) is 26.2 Å². The number of rotatable bonds is 7. The van der Waals surface area contributed by atoms with Gasteiger partial charge in [0, 0.05) is 18.6 Å². The Bertz CT molecular complexity index is 402. The van der Waals surface area contributed by atoms with Crippen molar-refractivity contribution < 1.29 is 4.74 Å². The van der Waals surface area contributed by atoms with Gasteiger partial charge in [0.25, 0.3) is 0 Å². The molecule has 0 radical (unpaired) electrons. The van der Waals surface area contributed by atoms with Crippen LogP contribution in [0.15, 0.2) is 30.3 Å². The first-order chi connectivity index (χ1) is 9.37. The summed E-state index contributed by atoms with van der Waals surface area (Å²) < 4.78 is 5.66. The summed E-state index contributed by atoms with van der Waals surface area (Å²) in [4.78, 5) is 2.11. The molecule has 1 rings (SSSR count). The maximum atomic E-state index is 5.66. The molecule has 0 unspecified atom stereocenters. The quantitative estimate of drug-likeness (QED) is 0.828. The molecule has 3 nitrogen and oxygen atoms in total. The zero-order valence-electron chi connectivity index (χ0n) is 13.4. The molecular formula is C17H28N2O. The Morgan fingerprint density at radius 1 is 1.15 bits per heavy atom. The smallest absolute Gasteiger partial charge is 0.119 e. The minimum Gasteiger partial charge on any atom is -0.492 e. The molecule has 0 aliphatic rings. The number of nitrogens with zero attached hydrogens (tertiary/aromatic N) is 1. The van der Waals surface area contributed by atoms with E-state index in [1.54, 1.807) is 0 Å². The van der Waals surface area contributed by atoms with E-state index in [0.29, 0.717) is 0 Å². The molecule has 20 heavy (non-hydrogen) atoms. The summed E-state index contributed by atoms with van der Waals surface area (Å²) in [5.74, 6) is 0.928. The van der Waals surface area contributed by atoms with Crippen LogP contribution < -0.4 is 10.1 Å². The van der Waals surface area contributed by atoms with Gasteiger partial charge < -0.3 is 15.0 Å². The van der Waals surface area contributed by atoms with E-state index in [0.717, 1.165) is 25.4 Å². The van der Waals surface area contributed by atoms with E-state index in [2.05, 4.69) is 55.3 Å². The Morgan fingerprint density at radius 2 is 1.80 bits per heavy atom. The molecule has 1 aromatic rings. The summed E-state index contributed by atoms with van der Waals surface area (Å²) >= 11 is 0. The molecular weight excluding hydrogens is 248 g/mol. The van der Waals surface area contributed by atoms with Gasteiger partial charge in [0.2, 0.25) is 0 Å². The van der Waals surface area contributed by atoms with Crippen LogP contribution in [-0.4, -0.2) is 44.2 Å². The van der Waals surface area contributed by atoms with Crippen molar-refractivity contribution in [2.75, 3.05) is 33.8 Å². The second kappa shape index (κ2) is 8.08. The van der Waals surface area contributed by atoms with Gasteiger partial charge in [-0.2, -0.15) is 0 Å². The van der Waals surface area contributed by atoms with Crippen molar-refractivity contribution in [2.45, 2.75) is 26.3 Å². The van der Waals surface area contributed by atoms with Crippen molar-refractivity contribution in [3.63, 3.8) is 0 Å².